The highest BCUT2D eigenvalue weighted by Crippen LogP contribution is 2.30. The third kappa shape index (κ3) is 3.72. The van der Waals surface area contributed by atoms with Gasteiger partial charge in [-0.2, -0.15) is 0 Å². The van der Waals surface area contributed by atoms with E-state index in [1.807, 2.05) is 0 Å². The van der Waals surface area contributed by atoms with Gasteiger partial charge in [0, 0.05) is 30.1 Å². The van der Waals surface area contributed by atoms with Crippen LogP contribution in [0.2, 0.25) is 10.0 Å². The Morgan fingerprint density at radius 3 is 2.60 bits per heavy atom. The van der Waals surface area contributed by atoms with Gasteiger partial charge in [0.05, 0.1) is 12.1 Å². The van der Waals surface area contributed by atoms with E-state index in [2.05, 4.69) is 5.32 Å². The zero-order chi connectivity index (χ0) is 11.3. The zero-order valence-corrected chi connectivity index (χ0v) is 10.6. The largest absolute Gasteiger partial charge is 0.495 e. The lowest BCUT2D eigenvalue weighted by molar-refractivity contribution is 0.415. The SMILES string of the molecule is COc1cc(Cl)c(CNCCCl)cc1Cl. The van der Waals surface area contributed by atoms with E-state index in [-0.39, 0.29) is 0 Å². The van der Waals surface area contributed by atoms with Gasteiger partial charge in [0.1, 0.15) is 5.75 Å². The van der Waals surface area contributed by atoms with Crippen molar-refractivity contribution in [3.63, 3.8) is 0 Å². The Bertz CT molecular complexity index is 331. The average molecular weight is 269 g/mol. The minimum absolute atomic E-state index is 0.560. The van der Waals surface area contributed by atoms with Crippen LogP contribution in [0.1, 0.15) is 5.56 Å². The van der Waals surface area contributed by atoms with Gasteiger partial charge in [-0.25, -0.2) is 0 Å². The Balaban J connectivity index is 2.76. The van der Waals surface area contributed by atoms with Crippen LogP contribution in [0.3, 0.4) is 0 Å². The third-order valence-corrected chi connectivity index (χ3v) is 2.74. The minimum Gasteiger partial charge on any atom is -0.495 e. The standard InChI is InChI=1S/C10H12Cl3NO/c1-15-10-5-8(12)7(4-9(10)13)6-14-3-2-11/h4-5,14H,2-3,6H2,1H3. The Kier molecular flexibility index (Phi) is 5.54. The fraction of sp³-hybridized carbons (Fsp3) is 0.400. The number of halogens is 3. The van der Waals surface area contributed by atoms with Gasteiger partial charge in [-0.05, 0) is 11.6 Å². The first-order chi connectivity index (χ1) is 7.19. The molecule has 1 aromatic carbocycles. The summed E-state index contributed by atoms with van der Waals surface area (Å²) in [5.74, 6) is 1.16. The van der Waals surface area contributed by atoms with E-state index in [9.17, 15) is 0 Å². The highest BCUT2D eigenvalue weighted by molar-refractivity contribution is 6.34. The Morgan fingerprint density at radius 2 is 2.00 bits per heavy atom. The van der Waals surface area contributed by atoms with Gasteiger partial charge in [-0.3, -0.25) is 0 Å². The number of ether oxygens (including phenoxy) is 1. The monoisotopic (exact) mass is 267 g/mol. The third-order valence-electron chi connectivity index (χ3n) is 1.91. The fourth-order valence-electron chi connectivity index (χ4n) is 1.15. The molecule has 0 bridgehead atoms. The van der Waals surface area contributed by atoms with Crippen LogP contribution in [0.4, 0.5) is 0 Å². The topological polar surface area (TPSA) is 21.3 Å². The normalized spacial score (nSPS) is 10.4. The van der Waals surface area contributed by atoms with Gasteiger partial charge in [-0.15, -0.1) is 11.6 Å². The van der Waals surface area contributed by atoms with Crippen molar-refractivity contribution in [2.45, 2.75) is 6.54 Å². The lowest BCUT2D eigenvalue weighted by Crippen LogP contribution is -2.15. The highest BCUT2D eigenvalue weighted by atomic mass is 35.5. The van der Waals surface area contributed by atoms with Gasteiger partial charge in [-0.1, -0.05) is 23.2 Å². The number of rotatable bonds is 5. The molecule has 0 aromatic heterocycles. The van der Waals surface area contributed by atoms with E-state index in [0.717, 1.165) is 12.1 Å². The number of methoxy groups -OCH3 is 1. The summed E-state index contributed by atoms with van der Waals surface area (Å²) in [5.41, 5.74) is 0.938. The number of benzene rings is 1. The lowest BCUT2D eigenvalue weighted by Gasteiger charge is -2.09. The van der Waals surface area contributed by atoms with Crippen molar-refractivity contribution in [3.8, 4) is 5.75 Å². The quantitative estimate of drug-likeness (QED) is 0.653. The van der Waals surface area contributed by atoms with E-state index in [0.29, 0.717) is 28.2 Å². The average Bonchev–Trinajstić information content (AvgIpc) is 2.23. The molecule has 0 heterocycles. The maximum Gasteiger partial charge on any atom is 0.138 e. The van der Waals surface area contributed by atoms with Gasteiger partial charge in [0.25, 0.3) is 0 Å². The summed E-state index contributed by atoms with van der Waals surface area (Å²) in [6, 6.07) is 3.51. The maximum absolute atomic E-state index is 6.05. The zero-order valence-electron chi connectivity index (χ0n) is 8.32. The second-order valence-corrected chi connectivity index (χ2v) is 4.14. The predicted octanol–water partition coefficient (Wildman–Crippen LogP) is 3.33. The Hall–Kier alpha value is -0.150. The van der Waals surface area contributed by atoms with Crippen LogP contribution in [0.25, 0.3) is 0 Å². The molecule has 0 amide bonds. The van der Waals surface area contributed by atoms with Gasteiger partial charge < -0.3 is 10.1 Å². The molecular weight excluding hydrogens is 256 g/mol. The van der Waals surface area contributed by atoms with E-state index in [1.54, 1.807) is 19.2 Å². The van der Waals surface area contributed by atoms with Crippen LogP contribution < -0.4 is 10.1 Å². The number of nitrogens with one attached hydrogen (secondary N) is 1. The summed E-state index contributed by atoms with van der Waals surface area (Å²) < 4.78 is 5.05. The van der Waals surface area contributed by atoms with Crippen LogP contribution >= 0.6 is 34.8 Å². The molecule has 0 unspecified atom stereocenters. The Labute approximate surface area is 104 Å². The minimum atomic E-state index is 0.560. The van der Waals surface area contributed by atoms with Crippen molar-refractivity contribution in [1.82, 2.24) is 5.32 Å². The molecule has 1 rings (SSSR count). The van der Waals surface area contributed by atoms with Gasteiger partial charge in [0.2, 0.25) is 0 Å². The molecule has 84 valence electrons. The molecule has 0 atom stereocenters. The second-order valence-electron chi connectivity index (χ2n) is 2.94. The predicted molar refractivity (Wildman–Crippen MR) is 65.4 cm³/mol. The van der Waals surface area contributed by atoms with Crippen LogP contribution in [-0.4, -0.2) is 19.5 Å². The number of alkyl halides is 1. The van der Waals surface area contributed by atoms with Crippen molar-refractivity contribution in [3.05, 3.63) is 27.7 Å². The molecule has 0 fully saturated rings. The molecule has 5 heteroatoms. The maximum atomic E-state index is 6.05. The molecule has 1 aromatic rings. The molecule has 1 N–H and O–H groups in total. The van der Waals surface area contributed by atoms with E-state index in [1.165, 1.54) is 0 Å². The molecule has 2 nitrogen and oxygen atoms in total. The fourth-order valence-corrected chi connectivity index (χ4v) is 1.77. The van der Waals surface area contributed by atoms with Crippen molar-refractivity contribution < 1.29 is 4.74 Å². The first-order valence-corrected chi connectivity index (χ1v) is 5.76. The van der Waals surface area contributed by atoms with Crippen molar-refractivity contribution in [1.29, 1.82) is 0 Å². The second kappa shape index (κ2) is 6.44. The van der Waals surface area contributed by atoms with Crippen LogP contribution in [0.5, 0.6) is 5.75 Å². The van der Waals surface area contributed by atoms with E-state index in [4.69, 9.17) is 39.5 Å². The van der Waals surface area contributed by atoms with Crippen molar-refractivity contribution in [2.24, 2.45) is 0 Å². The van der Waals surface area contributed by atoms with E-state index >= 15 is 0 Å². The first kappa shape index (κ1) is 12.9. The summed E-state index contributed by atoms with van der Waals surface area (Å²) >= 11 is 17.6. The van der Waals surface area contributed by atoms with Gasteiger partial charge >= 0.3 is 0 Å². The molecule has 0 radical (unpaired) electrons. The summed E-state index contributed by atoms with van der Waals surface area (Å²) in [4.78, 5) is 0. The van der Waals surface area contributed by atoms with Crippen LogP contribution in [0, 0.1) is 0 Å². The molecular formula is C10H12Cl3NO. The Morgan fingerprint density at radius 1 is 1.27 bits per heavy atom. The molecule has 0 aliphatic heterocycles. The van der Waals surface area contributed by atoms with Crippen LogP contribution in [0.15, 0.2) is 12.1 Å². The van der Waals surface area contributed by atoms with Crippen molar-refractivity contribution >= 4 is 34.8 Å². The number of hydrogen-bond acceptors (Lipinski definition) is 2. The summed E-state index contributed by atoms with van der Waals surface area (Å²) in [6.45, 7) is 1.39. The highest BCUT2D eigenvalue weighted by Gasteiger charge is 2.07. The molecule has 0 spiro atoms. The lowest BCUT2D eigenvalue weighted by atomic mass is 10.2. The molecule has 0 aliphatic rings. The summed E-state index contributed by atoms with van der Waals surface area (Å²) in [6.07, 6.45) is 0. The summed E-state index contributed by atoms with van der Waals surface area (Å²) in [5, 5.41) is 4.34. The van der Waals surface area contributed by atoms with Crippen LogP contribution in [-0.2, 0) is 6.54 Å². The first-order valence-electron chi connectivity index (χ1n) is 4.47. The molecule has 15 heavy (non-hydrogen) atoms. The van der Waals surface area contributed by atoms with E-state index < -0.39 is 0 Å². The van der Waals surface area contributed by atoms with Crippen molar-refractivity contribution in [2.75, 3.05) is 19.5 Å². The van der Waals surface area contributed by atoms with Gasteiger partial charge in [0.15, 0.2) is 0 Å². The number of hydrogen-bond donors (Lipinski definition) is 1. The molecule has 0 aliphatic carbocycles. The summed E-state index contributed by atoms with van der Waals surface area (Å²) in [7, 11) is 1.56. The molecule has 0 saturated heterocycles. The molecule has 0 saturated carbocycles. The smallest absolute Gasteiger partial charge is 0.138 e.